The van der Waals surface area contributed by atoms with Crippen molar-refractivity contribution >= 4 is 34.2 Å². The first-order chi connectivity index (χ1) is 7.77. The van der Waals surface area contributed by atoms with Gasteiger partial charge in [0.25, 0.3) is 0 Å². The molecule has 0 saturated carbocycles. The van der Waals surface area contributed by atoms with Gasteiger partial charge < -0.3 is 4.74 Å². The molecule has 0 heterocycles. The minimum Gasteiger partial charge on any atom is -0.373 e. The second kappa shape index (κ2) is 8.31. The van der Waals surface area contributed by atoms with Crippen LogP contribution in [0.3, 0.4) is 0 Å². The van der Waals surface area contributed by atoms with Crippen LogP contribution in [0.4, 0.5) is 0 Å². The van der Waals surface area contributed by atoms with Crippen LogP contribution in [0.1, 0.15) is 37.9 Å². The largest absolute Gasteiger partial charge is 0.373 e. The molecule has 1 rings (SSSR count). The van der Waals surface area contributed by atoms with Gasteiger partial charge >= 0.3 is 0 Å². The van der Waals surface area contributed by atoms with Gasteiger partial charge in [0.15, 0.2) is 0 Å². The summed E-state index contributed by atoms with van der Waals surface area (Å²) in [5.74, 6) is 0. The quantitative estimate of drug-likeness (QED) is 0.380. The van der Waals surface area contributed by atoms with E-state index in [0.717, 1.165) is 22.5 Å². The summed E-state index contributed by atoms with van der Waals surface area (Å²) >= 11 is 8.33. The zero-order chi connectivity index (χ0) is 11.8. The SMILES string of the molecule is CCCCCOC(CI)c1cccc(Cl)c1. The Morgan fingerprint density at radius 3 is 2.81 bits per heavy atom. The second-order valence-corrected chi connectivity index (χ2v) is 5.09. The molecule has 1 aromatic rings. The van der Waals surface area contributed by atoms with Gasteiger partial charge in [0.1, 0.15) is 0 Å². The summed E-state index contributed by atoms with van der Waals surface area (Å²) < 4.78 is 6.83. The molecule has 0 radical (unpaired) electrons. The first kappa shape index (κ1) is 14.3. The molecule has 1 nitrogen and oxygen atoms in total. The Balaban J connectivity index is 2.47. The number of hydrogen-bond donors (Lipinski definition) is 0. The highest BCUT2D eigenvalue weighted by Crippen LogP contribution is 2.23. The molecule has 0 N–H and O–H groups in total. The maximum absolute atomic E-state index is 5.97. The summed E-state index contributed by atoms with van der Waals surface area (Å²) in [5.41, 5.74) is 1.18. The lowest BCUT2D eigenvalue weighted by molar-refractivity contribution is 0.0681. The average Bonchev–Trinajstić information content (AvgIpc) is 2.29. The van der Waals surface area contributed by atoms with Gasteiger partial charge in [-0.05, 0) is 24.1 Å². The summed E-state index contributed by atoms with van der Waals surface area (Å²) in [6, 6.07) is 7.94. The van der Waals surface area contributed by atoms with Gasteiger partial charge in [-0.1, -0.05) is 66.1 Å². The van der Waals surface area contributed by atoms with Crippen molar-refractivity contribution in [3.05, 3.63) is 34.9 Å². The lowest BCUT2D eigenvalue weighted by atomic mass is 10.1. The van der Waals surface area contributed by atoms with Gasteiger partial charge in [0.05, 0.1) is 6.10 Å². The minimum absolute atomic E-state index is 0.177. The van der Waals surface area contributed by atoms with Gasteiger partial charge in [-0.15, -0.1) is 0 Å². The topological polar surface area (TPSA) is 9.23 Å². The van der Waals surface area contributed by atoms with Crippen molar-refractivity contribution in [3.63, 3.8) is 0 Å². The molecule has 3 heteroatoms. The van der Waals surface area contributed by atoms with E-state index in [1.54, 1.807) is 0 Å². The van der Waals surface area contributed by atoms with Crippen LogP contribution >= 0.6 is 34.2 Å². The van der Waals surface area contributed by atoms with Crippen LogP contribution in [0.2, 0.25) is 5.02 Å². The van der Waals surface area contributed by atoms with E-state index in [2.05, 4.69) is 35.6 Å². The van der Waals surface area contributed by atoms with Crippen LogP contribution in [-0.2, 0) is 4.74 Å². The molecule has 0 aliphatic carbocycles. The normalized spacial score (nSPS) is 12.7. The highest BCUT2D eigenvalue weighted by Gasteiger charge is 2.10. The van der Waals surface area contributed by atoms with Crippen molar-refractivity contribution in [1.82, 2.24) is 0 Å². The maximum Gasteiger partial charge on any atom is 0.0914 e. The Hall–Kier alpha value is 0.200. The molecular formula is C13H18ClIO. The molecule has 0 bridgehead atoms. The average molecular weight is 353 g/mol. The fourth-order valence-electron chi connectivity index (χ4n) is 1.51. The molecule has 1 aromatic carbocycles. The molecule has 90 valence electrons. The van der Waals surface area contributed by atoms with E-state index in [4.69, 9.17) is 16.3 Å². The first-order valence-corrected chi connectivity index (χ1v) is 7.61. The zero-order valence-corrected chi connectivity index (χ0v) is 12.5. The molecule has 0 aliphatic heterocycles. The zero-order valence-electron chi connectivity index (χ0n) is 9.59. The summed E-state index contributed by atoms with van der Waals surface area (Å²) in [4.78, 5) is 0. The summed E-state index contributed by atoms with van der Waals surface area (Å²) in [6.07, 6.45) is 3.79. The van der Waals surface area contributed by atoms with E-state index in [1.807, 2.05) is 18.2 Å². The fraction of sp³-hybridized carbons (Fsp3) is 0.538. The number of hydrogen-bond acceptors (Lipinski definition) is 1. The number of benzene rings is 1. The predicted molar refractivity (Wildman–Crippen MR) is 78.6 cm³/mol. The number of alkyl halides is 1. The Kier molecular flexibility index (Phi) is 7.41. The van der Waals surface area contributed by atoms with Crippen LogP contribution in [-0.4, -0.2) is 11.0 Å². The monoisotopic (exact) mass is 352 g/mol. The van der Waals surface area contributed by atoms with Crippen LogP contribution in [0.15, 0.2) is 24.3 Å². The van der Waals surface area contributed by atoms with E-state index < -0.39 is 0 Å². The van der Waals surface area contributed by atoms with Crippen molar-refractivity contribution in [3.8, 4) is 0 Å². The van der Waals surface area contributed by atoms with Crippen LogP contribution < -0.4 is 0 Å². The molecule has 0 aliphatic rings. The summed E-state index contributed by atoms with van der Waals surface area (Å²) in [7, 11) is 0. The van der Waals surface area contributed by atoms with E-state index >= 15 is 0 Å². The molecule has 0 aromatic heterocycles. The van der Waals surface area contributed by atoms with Crippen LogP contribution in [0, 0.1) is 0 Å². The highest BCUT2D eigenvalue weighted by molar-refractivity contribution is 14.1. The minimum atomic E-state index is 0.177. The Bertz CT molecular complexity index is 304. The molecule has 0 saturated heterocycles. The first-order valence-electron chi connectivity index (χ1n) is 5.71. The molecule has 16 heavy (non-hydrogen) atoms. The molecule has 0 spiro atoms. The molecule has 0 fully saturated rings. The molecule has 1 atom stereocenters. The van der Waals surface area contributed by atoms with E-state index in [-0.39, 0.29) is 6.10 Å². The number of ether oxygens (including phenoxy) is 1. The lowest BCUT2D eigenvalue weighted by Gasteiger charge is -2.16. The molecular weight excluding hydrogens is 334 g/mol. The van der Waals surface area contributed by atoms with Crippen LogP contribution in [0.25, 0.3) is 0 Å². The number of halogens is 2. The van der Waals surface area contributed by atoms with Gasteiger partial charge in [-0.25, -0.2) is 0 Å². The summed E-state index contributed by atoms with van der Waals surface area (Å²) in [6.45, 7) is 3.04. The predicted octanol–water partition coefficient (Wildman–Crippen LogP) is 5.02. The number of unbranched alkanes of at least 4 members (excludes halogenated alkanes) is 2. The third-order valence-electron chi connectivity index (χ3n) is 2.43. The standard InChI is InChI=1S/C13H18ClIO/c1-2-3-4-8-16-13(10-15)11-6-5-7-12(14)9-11/h5-7,9,13H,2-4,8,10H2,1H3. The Morgan fingerprint density at radius 2 is 2.19 bits per heavy atom. The maximum atomic E-state index is 5.97. The van der Waals surface area contributed by atoms with Gasteiger partial charge in [0.2, 0.25) is 0 Å². The highest BCUT2D eigenvalue weighted by atomic mass is 127. The van der Waals surface area contributed by atoms with E-state index in [9.17, 15) is 0 Å². The van der Waals surface area contributed by atoms with Crippen molar-refractivity contribution in [2.45, 2.75) is 32.3 Å². The lowest BCUT2D eigenvalue weighted by Crippen LogP contribution is -2.07. The second-order valence-electron chi connectivity index (χ2n) is 3.78. The fourth-order valence-corrected chi connectivity index (χ4v) is 2.48. The smallest absolute Gasteiger partial charge is 0.0914 e. The Morgan fingerprint density at radius 1 is 1.38 bits per heavy atom. The van der Waals surface area contributed by atoms with Crippen molar-refractivity contribution < 1.29 is 4.74 Å². The summed E-state index contributed by atoms with van der Waals surface area (Å²) in [5, 5.41) is 0.782. The van der Waals surface area contributed by atoms with Crippen molar-refractivity contribution in [2.24, 2.45) is 0 Å². The van der Waals surface area contributed by atoms with Crippen molar-refractivity contribution in [1.29, 1.82) is 0 Å². The van der Waals surface area contributed by atoms with Crippen LogP contribution in [0.5, 0.6) is 0 Å². The molecule has 0 amide bonds. The van der Waals surface area contributed by atoms with Gasteiger partial charge in [-0.2, -0.15) is 0 Å². The van der Waals surface area contributed by atoms with Gasteiger partial charge in [-0.3, -0.25) is 0 Å². The third-order valence-corrected chi connectivity index (χ3v) is 3.46. The van der Waals surface area contributed by atoms with Gasteiger partial charge in [0, 0.05) is 16.1 Å². The van der Waals surface area contributed by atoms with E-state index in [0.29, 0.717) is 0 Å². The molecule has 1 unspecified atom stereocenters. The number of rotatable bonds is 7. The Labute approximate surface area is 117 Å². The third kappa shape index (κ3) is 5.02. The van der Waals surface area contributed by atoms with E-state index in [1.165, 1.54) is 18.4 Å². The van der Waals surface area contributed by atoms with Crippen molar-refractivity contribution in [2.75, 3.05) is 11.0 Å².